The molecule has 0 N–H and O–H groups in total. The molecule has 0 saturated heterocycles. The lowest BCUT2D eigenvalue weighted by Crippen LogP contribution is -2.47. The summed E-state index contributed by atoms with van der Waals surface area (Å²) in [7, 11) is 0. The lowest BCUT2D eigenvalue weighted by Gasteiger charge is -2.58. The molecule has 5 fully saturated rings. The fourth-order valence-corrected chi connectivity index (χ4v) is 13.7. The predicted octanol–water partition coefficient (Wildman–Crippen LogP) is 13.5. The van der Waals surface area contributed by atoms with Crippen LogP contribution in [0.3, 0.4) is 0 Å². The van der Waals surface area contributed by atoms with Crippen molar-refractivity contribution in [3.63, 3.8) is 0 Å². The van der Waals surface area contributed by atoms with Gasteiger partial charge in [0, 0.05) is 11.3 Å². The van der Waals surface area contributed by atoms with E-state index in [1.165, 1.54) is 86.5 Å². The van der Waals surface area contributed by atoms with E-state index in [-0.39, 0.29) is 16.2 Å². The van der Waals surface area contributed by atoms with Gasteiger partial charge in [-0.15, -0.1) is 0 Å². The second-order valence-corrected chi connectivity index (χ2v) is 20.9. The first-order chi connectivity index (χ1) is 22.8. The molecule has 8 aliphatic rings. The van der Waals surface area contributed by atoms with Gasteiger partial charge in [0.15, 0.2) is 0 Å². The average Bonchev–Trinajstić information content (AvgIpc) is 3.70. The maximum Gasteiger partial charge on any atom is 0.0201 e. The van der Waals surface area contributed by atoms with Crippen LogP contribution in [0.15, 0.2) is 59.2 Å². The zero-order chi connectivity index (χ0) is 33.4. The first-order valence-electron chi connectivity index (χ1n) is 20.5. The standard InChI is InChI=1S/C48H64/c1-29(2)48(44-40-21-34(45(3,4)5)14-16-37(40)38-17-15-35(22-41(38)44)46(6,7)8)28-42(33-12-10-9-11-13-33)39-23-36(24-43(39)48)47-25-30-18-31(26-47)20-32(19-30)27-47/h14-17,21-22,24,29-33,42,44H,9-13,18-20,23,25-28H2,1-8H3. The second-order valence-electron chi connectivity index (χ2n) is 20.9. The summed E-state index contributed by atoms with van der Waals surface area (Å²) in [6.07, 6.45) is 22.1. The second kappa shape index (κ2) is 10.7. The van der Waals surface area contributed by atoms with E-state index in [1.807, 2.05) is 16.7 Å². The van der Waals surface area contributed by atoms with Crippen LogP contribution in [0.5, 0.6) is 0 Å². The first kappa shape index (κ1) is 31.9. The molecule has 2 aromatic carbocycles. The summed E-state index contributed by atoms with van der Waals surface area (Å²) in [4.78, 5) is 0. The molecule has 0 spiro atoms. The lowest BCUT2D eigenvalue weighted by molar-refractivity contribution is -0.0316. The maximum absolute atomic E-state index is 2.96. The van der Waals surface area contributed by atoms with Crippen molar-refractivity contribution in [2.24, 2.45) is 46.3 Å². The molecule has 48 heavy (non-hydrogen) atoms. The molecule has 0 aliphatic heterocycles. The van der Waals surface area contributed by atoms with Crippen molar-refractivity contribution in [2.45, 2.75) is 156 Å². The zero-order valence-corrected chi connectivity index (χ0v) is 31.8. The molecule has 256 valence electrons. The number of hydrogen-bond donors (Lipinski definition) is 0. The highest BCUT2D eigenvalue weighted by molar-refractivity contribution is 5.81. The Morgan fingerprint density at radius 1 is 0.667 bits per heavy atom. The van der Waals surface area contributed by atoms with Crippen molar-refractivity contribution in [1.29, 1.82) is 0 Å². The third kappa shape index (κ3) is 4.65. The molecule has 0 heteroatoms. The van der Waals surface area contributed by atoms with E-state index >= 15 is 0 Å². The Morgan fingerprint density at radius 3 is 1.67 bits per heavy atom. The Morgan fingerprint density at radius 2 is 1.19 bits per heavy atom. The minimum atomic E-state index is 0.138. The van der Waals surface area contributed by atoms with E-state index in [4.69, 9.17) is 0 Å². The molecule has 0 amide bonds. The summed E-state index contributed by atoms with van der Waals surface area (Å²) in [5.41, 5.74) is 16.0. The van der Waals surface area contributed by atoms with E-state index in [1.54, 1.807) is 30.4 Å². The number of benzene rings is 2. The lowest BCUT2D eigenvalue weighted by atomic mass is 9.47. The first-order valence-corrected chi connectivity index (χ1v) is 20.5. The third-order valence-electron chi connectivity index (χ3n) is 15.8. The molecule has 2 atom stereocenters. The predicted molar refractivity (Wildman–Crippen MR) is 203 cm³/mol. The van der Waals surface area contributed by atoms with Gasteiger partial charge in [-0.3, -0.25) is 0 Å². The minimum Gasteiger partial charge on any atom is -0.0619 e. The highest BCUT2D eigenvalue weighted by Gasteiger charge is 2.60. The molecule has 0 heterocycles. The molecule has 0 nitrogen and oxygen atoms in total. The molecule has 2 aromatic rings. The molecule has 4 bridgehead atoms. The quantitative estimate of drug-likeness (QED) is 0.312. The highest BCUT2D eigenvalue weighted by Crippen LogP contribution is 2.71. The number of hydrogen-bond acceptors (Lipinski definition) is 0. The molecule has 0 aromatic heterocycles. The minimum absolute atomic E-state index is 0.138. The third-order valence-corrected chi connectivity index (χ3v) is 15.8. The zero-order valence-electron chi connectivity index (χ0n) is 31.8. The maximum atomic E-state index is 2.96. The average molecular weight is 641 g/mol. The van der Waals surface area contributed by atoms with E-state index in [2.05, 4.69) is 97.9 Å². The Bertz CT molecular complexity index is 1590. The summed E-state index contributed by atoms with van der Waals surface area (Å²) < 4.78 is 0. The van der Waals surface area contributed by atoms with Gasteiger partial charge in [0.05, 0.1) is 0 Å². The van der Waals surface area contributed by atoms with Crippen molar-refractivity contribution in [3.05, 3.63) is 81.4 Å². The van der Waals surface area contributed by atoms with Crippen LogP contribution < -0.4 is 0 Å². The summed E-state index contributed by atoms with van der Waals surface area (Å²) in [5, 5.41) is 0. The SMILES string of the molecule is CC(C)C1(C2c3cc(C(C)(C)C)ccc3-c3ccc(C(C)(C)C)cc32)CC(C2CCCCC2)C2=C1C=C(C13CC4CC(CC(C4)C1)C3)C2. The van der Waals surface area contributed by atoms with Gasteiger partial charge < -0.3 is 0 Å². The molecular weight excluding hydrogens is 577 g/mol. The summed E-state index contributed by atoms with van der Waals surface area (Å²) >= 11 is 0. The monoisotopic (exact) mass is 641 g/mol. The van der Waals surface area contributed by atoms with Gasteiger partial charge in [0.1, 0.15) is 0 Å². The van der Waals surface area contributed by atoms with Crippen molar-refractivity contribution in [3.8, 4) is 11.1 Å². The molecule has 0 radical (unpaired) electrons. The summed E-state index contributed by atoms with van der Waals surface area (Å²) in [5.74, 6) is 5.71. The topological polar surface area (TPSA) is 0 Å². The van der Waals surface area contributed by atoms with Gasteiger partial charge in [0.2, 0.25) is 0 Å². The summed E-state index contributed by atoms with van der Waals surface area (Å²) in [6, 6.07) is 15.3. The fraction of sp³-hybridized carbons (Fsp3) is 0.667. The van der Waals surface area contributed by atoms with Crippen LogP contribution in [0, 0.1) is 46.3 Å². The van der Waals surface area contributed by atoms with Crippen LogP contribution in [0.25, 0.3) is 11.1 Å². The largest absolute Gasteiger partial charge is 0.0619 e. The molecular formula is C48H64. The van der Waals surface area contributed by atoms with E-state index in [0.29, 0.717) is 17.3 Å². The van der Waals surface area contributed by atoms with Crippen molar-refractivity contribution < 1.29 is 0 Å². The molecule has 2 unspecified atom stereocenters. The van der Waals surface area contributed by atoms with Crippen LogP contribution in [-0.2, 0) is 10.8 Å². The molecule has 5 saturated carbocycles. The Kier molecular flexibility index (Phi) is 7.12. The van der Waals surface area contributed by atoms with Gasteiger partial charge in [-0.1, -0.05) is 128 Å². The Labute approximate surface area is 293 Å². The molecule has 10 rings (SSSR count). The van der Waals surface area contributed by atoms with E-state index in [9.17, 15) is 0 Å². The van der Waals surface area contributed by atoms with Crippen LogP contribution in [-0.4, -0.2) is 0 Å². The van der Waals surface area contributed by atoms with E-state index in [0.717, 1.165) is 29.6 Å². The Hall–Kier alpha value is -2.08. The number of allylic oxidation sites excluding steroid dienone is 4. The van der Waals surface area contributed by atoms with Crippen molar-refractivity contribution in [2.75, 3.05) is 0 Å². The number of fused-ring (bicyclic) bond motifs is 3. The normalized spacial score (nSPS) is 34.6. The van der Waals surface area contributed by atoms with Crippen LogP contribution in [0.4, 0.5) is 0 Å². The molecule has 8 aliphatic carbocycles. The van der Waals surface area contributed by atoms with Gasteiger partial charge in [0.25, 0.3) is 0 Å². The number of rotatable bonds is 4. The van der Waals surface area contributed by atoms with Crippen molar-refractivity contribution in [1.82, 2.24) is 0 Å². The van der Waals surface area contributed by atoms with Crippen LogP contribution in [0.1, 0.15) is 167 Å². The van der Waals surface area contributed by atoms with Crippen molar-refractivity contribution >= 4 is 0 Å². The van der Waals surface area contributed by atoms with Gasteiger partial charge >= 0.3 is 0 Å². The van der Waals surface area contributed by atoms with Gasteiger partial charge in [-0.25, -0.2) is 0 Å². The summed E-state index contributed by atoms with van der Waals surface area (Å²) in [6.45, 7) is 19.7. The fourth-order valence-electron chi connectivity index (χ4n) is 13.7. The van der Waals surface area contributed by atoms with Crippen LogP contribution >= 0.6 is 0 Å². The smallest absolute Gasteiger partial charge is 0.0201 e. The van der Waals surface area contributed by atoms with Gasteiger partial charge in [-0.2, -0.15) is 0 Å². The van der Waals surface area contributed by atoms with Gasteiger partial charge in [-0.05, 0) is 155 Å². The van der Waals surface area contributed by atoms with E-state index < -0.39 is 0 Å². The highest BCUT2D eigenvalue weighted by atomic mass is 14.6. The Balaban J connectivity index is 1.25. The van der Waals surface area contributed by atoms with Crippen LogP contribution in [0.2, 0.25) is 0 Å².